The molecule has 0 aliphatic rings. The quantitative estimate of drug-likeness (QED) is 0.789. The lowest BCUT2D eigenvalue weighted by Gasteiger charge is -2.15. The van der Waals surface area contributed by atoms with Crippen molar-refractivity contribution in [3.63, 3.8) is 0 Å². The molecule has 2 aromatic carbocycles. The van der Waals surface area contributed by atoms with Crippen LogP contribution in [0.4, 0.5) is 10.1 Å². The maximum absolute atomic E-state index is 13.0. The van der Waals surface area contributed by atoms with E-state index >= 15 is 0 Å². The molecule has 0 saturated carbocycles. The van der Waals surface area contributed by atoms with Crippen LogP contribution in [-0.4, -0.2) is 26.6 Å². The highest BCUT2D eigenvalue weighted by Crippen LogP contribution is 2.26. The van der Waals surface area contributed by atoms with Gasteiger partial charge in [-0.15, -0.1) is 0 Å². The van der Waals surface area contributed by atoms with Crippen molar-refractivity contribution < 1.29 is 22.3 Å². The molecule has 0 spiro atoms. The number of hydrogen-bond donors (Lipinski definition) is 1. The Bertz CT molecular complexity index is 853. The normalized spacial score (nSPS) is 12.5. The van der Waals surface area contributed by atoms with Crippen LogP contribution in [0.5, 0.6) is 5.75 Å². The van der Waals surface area contributed by atoms with Crippen LogP contribution in [-0.2, 0) is 10.0 Å². The van der Waals surface area contributed by atoms with Crippen LogP contribution in [0.2, 0.25) is 5.02 Å². The molecular weight excluding hydrogens is 357 g/mol. The number of ketones is 1. The van der Waals surface area contributed by atoms with E-state index in [2.05, 4.69) is 4.72 Å². The number of nitrogens with one attached hydrogen (secondary N) is 1. The second-order valence-corrected chi connectivity index (χ2v) is 7.31. The van der Waals surface area contributed by atoms with E-state index in [4.69, 9.17) is 16.3 Å². The number of rotatable bonds is 6. The summed E-state index contributed by atoms with van der Waals surface area (Å²) in [6.07, 6.45) is 0.190. The number of halogens is 2. The molecule has 0 unspecified atom stereocenters. The fourth-order valence-corrected chi connectivity index (χ4v) is 2.74. The van der Waals surface area contributed by atoms with Gasteiger partial charge in [-0.3, -0.25) is 9.52 Å². The number of ether oxygens (including phenoxy) is 1. The Morgan fingerprint density at radius 2 is 1.83 bits per heavy atom. The third-order valence-electron chi connectivity index (χ3n) is 3.04. The van der Waals surface area contributed by atoms with Gasteiger partial charge in [0.15, 0.2) is 6.10 Å². The average molecular weight is 372 g/mol. The van der Waals surface area contributed by atoms with Gasteiger partial charge in [0.1, 0.15) is 11.6 Å². The third kappa shape index (κ3) is 4.94. The van der Waals surface area contributed by atoms with E-state index in [9.17, 15) is 17.6 Å². The van der Waals surface area contributed by atoms with Crippen LogP contribution in [0.3, 0.4) is 0 Å². The molecule has 0 saturated heterocycles. The summed E-state index contributed by atoms with van der Waals surface area (Å²) in [6.45, 7) is 1.55. The van der Waals surface area contributed by atoms with Gasteiger partial charge in [-0.2, -0.15) is 0 Å². The maximum Gasteiger partial charge on any atom is 0.229 e. The predicted molar refractivity (Wildman–Crippen MR) is 90.7 cm³/mol. The Balaban J connectivity index is 2.10. The van der Waals surface area contributed by atoms with Gasteiger partial charge in [0.05, 0.1) is 11.3 Å². The van der Waals surface area contributed by atoms with Gasteiger partial charge in [0, 0.05) is 11.3 Å². The number of benzene rings is 2. The Morgan fingerprint density at radius 3 is 2.38 bits per heavy atom. The van der Waals surface area contributed by atoms with Crippen LogP contribution >= 0.6 is 11.6 Å². The standard InChI is InChI=1S/C16H15ClFNO4S/c1-10(23-15-8-5-12(18)9-14(15)17)16(20)11-3-6-13(7-4-11)19-24(2,21)22/h3-10,19H,1-2H3/t10-/m1/s1. The van der Waals surface area contributed by atoms with Gasteiger partial charge in [-0.1, -0.05) is 11.6 Å². The summed E-state index contributed by atoms with van der Waals surface area (Å²) in [7, 11) is -3.38. The zero-order valence-electron chi connectivity index (χ0n) is 12.9. The van der Waals surface area contributed by atoms with Gasteiger partial charge in [0.2, 0.25) is 15.8 Å². The maximum atomic E-state index is 13.0. The highest BCUT2D eigenvalue weighted by Gasteiger charge is 2.18. The number of carbonyl (C=O) groups is 1. The molecule has 0 aromatic heterocycles. The van der Waals surface area contributed by atoms with E-state index in [0.29, 0.717) is 11.3 Å². The first-order valence-electron chi connectivity index (χ1n) is 6.89. The first-order chi connectivity index (χ1) is 11.2. The summed E-state index contributed by atoms with van der Waals surface area (Å²) < 4.78 is 43.1. The zero-order valence-corrected chi connectivity index (χ0v) is 14.5. The summed E-state index contributed by atoms with van der Waals surface area (Å²) >= 11 is 5.87. The van der Waals surface area contributed by atoms with E-state index in [-0.39, 0.29) is 16.6 Å². The largest absolute Gasteiger partial charge is 0.481 e. The van der Waals surface area contributed by atoms with Crippen molar-refractivity contribution in [3.8, 4) is 5.75 Å². The van der Waals surface area contributed by atoms with E-state index in [1.165, 1.54) is 36.4 Å². The molecule has 8 heteroatoms. The van der Waals surface area contributed by atoms with Crippen molar-refractivity contribution in [2.45, 2.75) is 13.0 Å². The van der Waals surface area contributed by atoms with Crippen molar-refractivity contribution in [1.82, 2.24) is 0 Å². The Hall–Kier alpha value is -2.12. The van der Waals surface area contributed by atoms with Gasteiger partial charge in [0.25, 0.3) is 0 Å². The monoisotopic (exact) mass is 371 g/mol. The Labute approximate surface area is 144 Å². The van der Waals surface area contributed by atoms with Crippen LogP contribution in [0.15, 0.2) is 42.5 Å². The van der Waals surface area contributed by atoms with Gasteiger partial charge < -0.3 is 4.74 Å². The predicted octanol–water partition coefficient (Wildman–Crippen LogP) is 3.50. The van der Waals surface area contributed by atoms with Crippen LogP contribution in [0.1, 0.15) is 17.3 Å². The lowest BCUT2D eigenvalue weighted by atomic mass is 10.1. The van der Waals surface area contributed by atoms with Gasteiger partial charge in [-0.05, 0) is 49.4 Å². The molecule has 0 aliphatic carbocycles. The van der Waals surface area contributed by atoms with E-state index < -0.39 is 21.9 Å². The summed E-state index contributed by atoms with van der Waals surface area (Å²) in [5, 5.41) is 0.0716. The molecule has 0 radical (unpaired) electrons. The van der Waals surface area contributed by atoms with Crippen LogP contribution < -0.4 is 9.46 Å². The average Bonchev–Trinajstić information content (AvgIpc) is 2.48. The van der Waals surface area contributed by atoms with Crippen LogP contribution in [0, 0.1) is 5.82 Å². The molecule has 0 bridgehead atoms. The number of carbonyl (C=O) groups excluding carboxylic acids is 1. The van der Waals surface area contributed by atoms with Crippen molar-refractivity contribution in [3.05, 3.63) is 58.9 Å². The number of Topliss-reactive ketones (excluding diaryl/α,β-unsaturated/α-hetero) is 1. The highest BCUT2D eigenvalue weighted by atomic mass is 35.5. The Morgan fingerprint density at radius 1 is 1.21 bits per heavy atom. The van der Waals surface area contributed by atoms with Gasteiger partial charge >= 0.3 is 0 Å². The molecule has 2 rings (SSSR count). The van der Waals surface area contributed by atoms with Gasteiger partial charge in [-0.25, -0.2) is 12.8 Å². The lowest BCUT2D eigenvalue weighted by Crippen LogP contribution is -2.24. The summed E-state index contributed by atoms with van der Waals surface area (Å²) in [6, 6.07) is 9.56. The topological polar surface area (TPSA) is 72.5 Å². The fraction of sp³-hybridized carbons (Fsp3) is 0.188. The third-order valence-corrected chi connectivity index (χ3v) is 3.94. The molecule has 24 heavy (non-hydrogen) atoms. The van der Waals surface area contributed by atoms with Crippen LogP contribution in [0.25, 0.3) is 0 Å². The van der Waals surface area contributed by atoms with Crippen molar-refractivity contribution in [1.29, 1.82) is 0 Å². The molecule has 128 valence electrons. The summed E-state index contributed by atoms with van der Waals surface area (Å²) in [5.74, 6) is -0.615. The molecule has 0 aliphatic heterocycles. The molecule has 1 atom stereocenters. The van der Waals surface area contributed by atoms with E-state index in [0.717, 1.165) is 12.3 Å². The molecule has 2 aromatic rings. The summed E-state index contributed by atoms with van der Waals surface area (Å²) in [4.78, 5) is 12.3. The second-order valence-electron chi connectivity index (χ2n) is 5.15. The smallest absolute Gasteiger partial charge is 0.229 e. The van der Waals surface area contributed by atoms with Crippen molar-refractivity contribution in [2.24, 2.45) is 0 Å². The second kappa shape index (κ2) is 7.19. The number of anilines is 1. The van der Waals surface area contributed by atoms with Crippen molar-refractivity contribution in [2.75, 3.05) is 11.0 Å². The Kier molecular flexibility index (Phi) is 5.46. The molecule has 5 nitrogen and oxygen atoms in total. The number of hydrogen-bond acceptors (Lipinski definition) is 4. The van der Waals surface area contributed by atoms with E-state index in [1.54, 1.807) is 6.92 Å². The lowest BCUT2D eigenvalue weighted by molar-refractivity contribution is 0.0818. The highest BCUT2D eigenvalue weighted by molar-refractivity contribution is 7.92. The zero-order chi connectivity index (χ0) is 17.9. The minimum atomic E-state index is -3.38. The molecule has 0 amide bonds. The van der Waals surface area contributed by atoms with E-state index in [1.807, 2.05) is 0 Å². The summed E-state index contributed by atoms with van der Waals surface area (Å²) in [5.41, 5.74) is 0.698. The molecular formula is C16H15ClFNO4S. The fourth-order valence-electron chi connectivity index (χ4n) is 1.97. The van der Waals surface area contributed by atoms with Crippen molar-refractivity contribution >= 4 is 33.1 Å². The number of sulfonamides is 1. The molecule has 0 fully saturated rings. The molecule has 1 N–H and O–H groups in total. The minimum absolute atomic E-state index is 0.0716. The first kappa shape index (κ1) is 18.2. The first-order valence-corrected chi connectivity index (χ1v) is 9.16. The molecule has 0 heterocycles. The SMILES string of the molecule is C[C@@H](Oc1ccc(F)cc1Cl)C(=O)c1ccc(NS(C)(=O)=O)cc1. The minimum Gasteiger partial charge on any atom is -0.481 e.